The van der Waals surface area contributed by atoms with E-state index in [9.17, 15) is 4.79 Å². The van der Waals surface area contributed by atoms with Crippen molar-refractivity contribution in [3.63, 3.8) is 0 Å². The third-order valence-electron chi connectivity index (χ3n) is 3.75. The van der Waals surface area contributed by atoms with E-state index in [0.717, 1.165) is 16.1 Å². The lowest BCUT2D eigenvalue weighted by Crippen LogP contribution is -2.14. The van der Waals surface area contributed by atoms with Crippen LogP contribution in [0.5, 0.6) is 0 Å². The van der Waals surface area contributed by atoms with Crippen molar-refractivity contribution in [2.75, 3.05) is 11.1 Å². The van der Waals surface area contributed by atoms with Crippen molar-refractivity contribution >= 4 is 34.1 Å². The molecule has 3 rings (SSSR count). The lowest BCUT2D eigenvalue weighted by Gasteiger charge is -2.09. The Labute approximate surface area is 140 Å². The van der Waals surface area contributed by atoms with Crippen molar-refractivity contribution in [1.29, 1.82) is 0 Å². The number of carbonyl (C=O) groups is 1. The number of amides is 1. The molecule has 0 unspecified atom stereocenters. The molecular weight excluding hydrogens is 302 g/mol. The van der Waals surface area contributed by atoms with E-state index < -0.39 is 0 Å². The summed E-state index contributed by atoms with van der Waals surface area (Å²) in [6.07, 6.45) is 0. The van der Waals surface area contributed by atoms with Gasteiger partial charge in [-0.05, 0) is 48.4 Å². The minimum atomic E-state index is 0.0233. The van der Waals surface area contributed by atoms with E-state index in [2.05, 4.69) is 41.7 Å². The number of hydrogen-bond donors (Lipinski definition) is 1. The second-order valence-electron chi connectivity index (χ2n) is 5.66. The third kappa shape index (κ3) is 3.93. The van der Waals surface area contributed by atoms with Crippen molar-refractivity contribution in [3.8, 4) is 0 Å². The maximum Gasteiger partial charge on any atom is 0.234 e. The quantitative estimate of drug-likeness (QED) is 0.670. The summed E-state index contributed by atoms with van der Waals surface area (Å²) in [6, 6.07) is 20.6. The first-order chi connectivity index (χ1) is 11.1. The summed E-state index contributed by atoms with van der Waals surface area (Å²) < 4.78 is 0. The van der Waals surface area contributed by atoms with Gasteiger partial charge in [0, 0.05) is 10.6 Å². The molecule has 0 radical (unpaired) electrons. The highest BCUT2D eigenvalue weighted by Crippen LogP contribution is 2.24. The highest BCUT2D eigenvalue weighted by atomic mass is 32.2. The number of benzene rings is 3. The molecule has 1 N–H and O–H groups in total. The van der Waals surface area contributed by atoms with Crippen LogP contribution in [0, 0.1) is 13.8 Å². The van der Waals surface area contributed by atoms with Gasteiger partial charge in [0.05, 0.1) is 5.75 Å². The Balaban J connectivity index is 1.63. The number of thioether (sulfide) groups is 1. The van der Waals surface area contributed by atoms with Gasteiger partial charge in [-0.25, -0.2) is 0 Å². The molecule has 0 spiro atoms. The van der Waals surface area contributed by atoms with Crippen molar-refractivity contribution < 1.29 is 4.79 Å². The Morgan fingerprint density at radius 3 is 2.52 bits per heavy atom. The first-order valence-electron chi connectivity index (χ1n) is 7.60. The molecule has 0 heterocycles. The molecule has 0 aromatic heterocycles. The Hall–Kier alpha value is -2.26. The Morgan fingerprint density at radius 2 is 1.74 bits per heavy atom. The van der Waals surface area contributed by atoms with E-state index in [1.165, 1.54) is 16.3 Å². The molecule has 3 aromatic carbocycles. The van der Waals surface area contributed by atoms with Crippen LogP contribution >= 0.6 is 11.8 Å². The summed E-state index contributed by atoms with van der Waals surface area (Å²) in [4.78, 5) is 13.3. The average molecular weight is 321 g/mol. The fourth-order valence-electron chi connectivity index (χ4n) is 2.55. The minimum Gasteiger partial charge on any atom is -0.325 e. The topological polar surface area (TPSA) is 29.1 Å². The number of aryl methyl sites for hydroxylation is 2. The van der Waals surface area contributed by atoms with Gasteiger partial charge in [0.25, 0.3) is 0 Å². The zero-order chi connectivity index (χ0) is 16.2. The number of nitrogens with one attached hydrogen (secondary N) is 1. The van der Waals surface area contributed by atoms with Gasteiger partial charge in [-0.1, -0.05) is 48.0 Å². The molecule has 0 aliphatic rings. The average Bonchev–Trinajstić information content (AvgIpc) is 2.55. The molecule has 3 heteroatoms. The molecular formula is C20H19NOS. The Bertz CT molecular complexity index is 857. The zero-order valence-corrected chi connectivity index (χ0v) is 14.1. The fraction of sp³-hybridized carbons (Fsp3) is 0.150. The van der Waals surface area contributed by atoms with E-state index in [-0.39, 0.29) is 5.91 Å². The lowest BCUT2D eigenvalue weighted by molar-refractivity contribution is -0.113. The number of rotatable bonds is 4. The van der Waals surface area contributed by atoms with E-state index in [1.54, 1.807) is 11.8 Å². The van der Waals surface area contributed by atoms with Crippen LogP contribution in [-0.2, 0) is 4.79 Å². The maximum absolute atomic E-state index is 12.2. The van der Waals surface area contributed by atoms with E-state index >= 15 is 0 Å². The third-order valence-corrected chi connectivity index (χ3v) is 4.74. The molecule has 1 amide bonds. The molecule has 23 heavy (non-hydrogen) atoms. The monoisotopic (exact) mass is 321 g/mol. The van der Waals surface area contributed by atoms with Gasteiger partial charge in [0.15, 0.2) is 0 Å². The highest BCUT2D eigenvalue weighted by Gasteiger charge is 2.06. The van der Waals surface area contributed by atoms with Gasteiger partial charge in [-0.15, -0.1) is 11.8 Å². The van der Waals surface area contributed by atoms with Crippen molar-refractivity contribution in [3.05, 3.63) is 71.8 Å². The van der Waals surface area contributed by atoms with Crippen LogP contribution in [0.25, 0.3) is 10.8 Å². The van der Waals surface area contributed by atoms with Crippen molar-refractivity contribution in [1.82, 2.24) is 0 Å². The maximum atomic E-state index is 12.2. The summed E-state index contributed by atoms with van der Waals surface area (Å²) >= 11 is 1.56. The summed E-state index contributed by atoms with van der Waals surface area (Å²) in [5.74, 6) is 0.432. The molecule has 2 nitrogen and oxygen atoms in total. The minimum absolute atomic E-state index is 0.0233. The summed E-state index contributed by atoms with van der Waals surface area (Å²) in [6.45, 7) is 4.06. The van der Waals surface area contributed by atoms with E-state index in [4.69, 9.17) is 0 Å². The highest BCUT2D eigenvalue weighted by molar-refractivity contribution is 8.00. The predicted octanol–water partition coefficient (Wildman–Crippen LogP) is 5.19. The van der Waals surface area contributed by atoms with Gasteiger partial charge < -0.3 is 5.32 Å². The van der Waals surface area contributed by atoms with Gasteiger partial charge in [0.1, 0.15) is 0 Å². The van der Waals surface area contributed by atoms with Crippen LogP contribution in [0.1, 0.15) is 11.1 Å². The van der Waals surface area contributed by atoms with Crippen molar-refractivity contribution in [2.24, 2.45) is 0 Å². The molecule has 0 atom stereocenters. The molecule has 116 valence electrons. The molecule has 3 aromatic rings. The standard InChI is InChI=1S/C20H19NOS/c1-14-7-10-19(15(2)11-14)21-20(22)13-23-18-9-8-16-5-3-4-6-17(16)12-18/h3-12H,13H2,1-2H3,(H,21,22). The van der Waals surface area contributed by atoms with Crippen LogP contribution < -0.4 is 5.32 Å². The second kappa shape index (κ2) is 6.88. The number of fused-ring (bicyclic) bond motifs is 1. The molecule has 0 saturated heterocycles. The Kier molecular flexibility index (Phi) is 4.68. The molecule has 0 saturated carbocycles. The zero-order valence-electron chi connectivity index (χ0n) is 13.3. The summed E-state index contributed by atoms with van der Waals surface area (Å²) in [5.41, 5.74) is 3.18. The Morgan fingerprint density at radius 1 is 0.957 bits per heavy atom. The van der Waals surface area contributed by atoms with Crippen LogP contribution in [0.4, 0.5) is 5.69 Å². The summed E-state index contributed by atoms with van der Waals surface area (Å²) in [5, 5.41) is 5.41. The van der Waals surface area contributed by atoms with Gasteiger partial charge >= 0.3 is 0 Å². The molecule has 0 bridgehead atoms. The summed E-state index contributed by atoms with van der Waals surface area (Å²) in [7, 11) is 0. The van der Waals surface area contributed by atoms with Crippen LogP contribution in [-0.4, -0.2) is 11.7 Å². The number of hydrogen-bond acceptors (Lipinski definition) is 2. The van der Waals surface area contributed by atoms with Crippen LogP contribution in [0.15, 0.2) is 65.6 Å². The first kappa shape index (κ1) is 15.6. The number of anilines is 1. The van der Waals surface area contributed by atoms with E-state index in [0.29, 0.717) is 5.75 Å². The van der Waals surface area contributed by atoms with Crippen LogP contribution in [0.2, 0.25) is 0 Å². The predicted molar refractivity (Wildman–Crippen MR) is 99.2 cm³/mol. The van der Waals surface area contributed by atoms with Crippen LogP contribution in [0.3, 0.4) is 0 Å². The lowest BCUT2D eigenvalue weighted by atomic mass is 10.1. The van der Waals surface area contributed by atoms with Gasteiger partial charge in [-0.2, -0.15) is 0 Å². The van der Waals surface area contributed by atoms with E-state index in [1.807, 2.05) is 38.1 Å². The second-order valence-corrected chi connectivity index (χ2v) is 6.71. The first-order valence-corrected chi connectivity index (χ1v) is 8.59. The SMILES string of the molecule is Cc1ccc(NC(=O)CSc2ccc3ccccc3c2)c(C)c1. The molecule has 0 aliphatic carbocycles. The van der Waals surface area contributed by atoms with Gasteiger partial charge in [-0.3, -0.25) is 4.79 Å². The molecule has 0 fully saturated rings. The normalized spacial score (nSPS) is 10.7. The fourth-order valence-corrected chi connectivity index (χ4v) is 3.29. The largest absolute Gasteiger partial charge is 0.325 e. The van der Waals surface area contributed by atoms with Crippen molar-refractivity contribution in [2.45, 2.75) is 18.7 Å². The molecule has 0 aliphatic heterocycles. The van der Waals surface area contributed by atoms with Gasteiger partial charge in [0.2, 0.25) is 5.91 Å². The number of carbonyl (C=O) groups excluding carboxylic acids is 1. The smallest absolute Gasteiger partial charge is 0.234 e.